The van der Waals surface area contributed by atoms with Crippen molar-refractivity contribution in [1.82, 2.24) is 15.0 Å². The van der Waals surface area contributed by atoms with Crippen LogP contribution in [0, 0.1) is 11.3 Å². The Morgan fingerprint density at radius 1 is 0.442 bits per heavy atom. The summed E-state index contributed by atoms with van der Waals surface area (Å²) in [5, 5.41) is 9.55. The lowest BCUT2D eigenvalue weighted by atomic mass is 9.63. The lowest BCUT2D eigenvalue weighted by Gasteiger charge is -2.42. The summed E-state index contributed by atoms with van der Waals surface area (Å²) in [4.78, 5) is 14.6. The number of fused-ring (bicyclic) bond motifs is 2. The van der Waals surface area contributed by atoms with Crippen LogP contribution in [0.25, 0.3) is 45.3 Å². The van der Waals surface area contributed by atoms with Gasteiger partial charge in [0.05, 0.1) is 17.0 Å². The molecule has 0 saturated heterocycles. The van der Waals surface area contributed by atoms with Gasteiger partial charge in [0.1, 0.15) is 11.5 Å². The summed E-state index contributed by atoms with van der Waals surface area (Å²) in [6.07, 6.45) is 0. The molecule has 0 N–H and O–H groups in total. The van der Waals surface area contributed by atoms with Crippen molar-refractivity contribution in [2.24, 2.45) is 0 Å². The molecule has 2 heterocycles. The van der Waals surface area contributed by atoms with Crippen LogP contribution in [0.4, 0.5) is 0 Å². The fourth-order valence-electron chi connectivity index (χ4n) is 7.33. The molecule has 0 unspecified atom stereocenters. The third-order valence-electron chi connectivity index (χ3n) is 9.71. The average molecular weight is 667 g/mol. The first-order chi connectivity index (χ1) is 25.7. The van der Waals surface area contributed by atoms with Crippen molar-refractivity contribution in [1.29, 1.82) is 5.26 Å². The fourth-order valence-corrected chi connectivity index (χ4v) is 7.33. The van der Waals surface area contributed by atoms with Gasteiger partial charge in [-0.2, -0.15) is 5.26 Å². The minimum Gasteiger partial charge on any atom is -0.456 e. The highest BCUT2D eigenvalue weighted by Crippen LogP contribution is 2.57. The number of nitriles is 1. The molecule has 0 fully saturated rings. The first-order valence-electron chi connectivity index (χ1n) is 17.2. The summed E-state index contributed by atoms with van der Waals surface area (Å²) >= 11 is 0. The number of hydrogen-bond acceptors (Lipinski definition) is 5. The minimum absolute atomic E-state index is 0.507. The first-order valence-corrected chi connectivity index (χ1v) is 17.2. The zero-order chi connectivity index (χ0) is 34.9. The van der Waals surface area contributed by atoms with Crippen LogP contribution in [0.2, 0.25) is 0 Å². The number of benzene rings is 7. The van der Waals surface area contributed by atoms with Crippen LogP contribution in [0.3, 0.4) is 0 Å². The van der Waals surface area contributed by atoms with E-state index in [0.717, 1.165) is 50.4 Å². The molecule has 0 amide bonds. The number of para-hydroxylation sites is 2. The summed E-state index contributed by atoms with van der Waals surface area (Å²) in [5.41, 5.74) is 8.96. The number of nitrogens with zero attached hydrogens (tertiary/aromatic N) is 4. The molecule has 1 aliphatic rings. The molecule has 244 valence electrons. The topological polar surface area (TPSA) is 71.7 Å². The van der Waals surface area contributed by atoms with E-state index >= 15 is 0 Å². The Labute approximate surface area is 302 Å². The minimum atomic E-state index is -0.597. The number of rotatable bonds is 6. The predicted octanol–water partition coefficient (Wildman–Crippen LogP) is 10.9. The van der Waals surface area contributed by atoms with Crippen molar-refractivity contribution in [2.45, 2.75) is 5.41 Å². The Hall–Kier alpha value is -7.16. The molecule has 0 atom stereocenters. The second-order valence-corrected chi connectivity index (χ2v) is 12.7. The van der Waals surface area contributed by atoms with Gasteiger partial charge >= 0.3 is 0 Å². The van der Waals surface area contributed by atoms with Crippen LogP contribution in [0.1, 0.15) is 27.8 Å². The highest BCUT2D eigenvalue weighted by atomic mass is 16.5. The van der Waals surface area contributed by atoms with Crippen LogP contribution in [-0.4, -0.2) is 15.0 Å². The molecule has 0 aliphatic carbocycles. The fraction of sp³-hybridized carbons (Fsp3) is 0.0213. The highest BCUT2D eigenvalue weighted by molar-refractivity contribution is 5.80. The van der Waals surface area contributed by atoms with E-state index in [9.17, 15) is 5.26 Å². The summed E-state index contributed by atoms with van der Waals surface area (Å²) in [6.45, 7) is 0. The smallest absolute Gasteiger partial charge is 0.164 e. The maximum atomic E-state index is 9.55. The number of hydrogen-bond donors (Lipinski definition) is 0. The molecule has 1 aromatic heterocycles. The number of aromatic nitrogens is 3. The lowest BCUT2D eigenvalue weighted by Crippen LogP contribution is -2.34. The highest BCUT2D eigenvalue weighted by Gasteiger charge is 2.45. The van der Waals surface area contributed by atoms with Crippen LogP contribution in [0.5, 0.6) is 11.5 Å². The molecule has 7 aromatic carbocycles. The van der Waals surface area contributed by atoms with Crippen LogP contribution in [0.15, 0.2) is 182 Å². The SMILES string of the molecule is N#Cc1cccc(-c2nc(-c3ccccc3)nc(-c3ccc(-c4cccc5c4Oc4ccccc4C5(c4ccccc4)c4ccccc4)cc3)n2)c1. The van der Waals surface area contributed by atoms with E-state index in [2.05, 4.69) is 115 Å². The zero-order valence-corrected chi connectivity index (χ0v) is 28.0. The Morgan fingerprint density at radius 3 is 1.60 bits per heavy atom. The zero-order valence-electron chi connectivity index (χ0n) is 28.0. The normalized spacial score (nSPS) is 12.5. The molecule has 9 rings (SSSR count). The van der Waals surface area contributed by atoms with E-state index in [1.54, 1.807) is 12.1 Å². The molecule has 0 saturated carbocycles. The Morgan fingerprint density at radius 2 is 0.942 bits per heavy atom. The lowest BCUT2D eigenvalue weighted by molar-refractivity contribution is 0.436. The molecule has 0 radical (unpaired) electrons. The second kappa shape index (κ2) is 12.9. The largest absolute Gasteiger partial charge is 0.456 e. The van der Waals surface area contributed by atoms with Gasteiger partial charge in [-0.05, 0) is 34.9 Å². The maximum absolute atomic E-state index is 9.55. The molecule has 8 aromatic rings. The maximum Gasteiger partial charge on any atom is 0.164 e. The molecule has 5 heteroatoms. The van der Waals surface area contributed by atoms with E-state index in [1.807, 2.05) is 60.7 Å². The van der Waals surface area contributed by atoms with E-state index in [-0.39, 0.29) is 0 Å². The van der Waals surface area contributed by atoms with E-state index in [4.69, 9.17) is 19.7 Å². The van der Waals surface area contributed by atoms with E-state index in [1.165, 1.54) is 11.1 Å². The summed E-state index contributed by atoms with van der Waals surface area (Å²) in [6, 6.07) is 64.0. The van der Waals surface area contributed by atoms with Crippen molar-refractivity contribution in [3.8, 4) is 62.9 Å². The van der Waals surface area contributed by atoms with Gasteiger partial charge in [0.15, 0.2) is 17.5 Å². The molecule has 1 aliphatic heterocycles. The van der Waals surface area contributed by atoms with Gasteiger partial charge in [-0.25, -0.2) is 15.0 Å². The Kier molecular flexibility index (Phi) is 7.68. The van der Waals surface area contributed by atoms with Gasteiger partial charge in [-0.1, -0.05) is 164 Å². The standard InChI is InChI=1S/C47H30N4O/c48-31-32-14-12-17-36(30-32)46-50-44(34-15-4-1-5-16-34)49-45(51-46)35-28-26-33(27-29-35)39-22-13-24-41-43(39)52-42-25-11-10-23-40(42)47(41,37-18-6-2-7-19-37)38-20-8-3-9-21-38/h1-30H. The van der Waals surface area contributed by atoms with Crippen molar-refractivity contribution >= 4 is 0 Å². The summed E-state index contributed by atoms with van der Waals surface area (Å²) < 4.78 is 6.87. The molecule has 52 heavy (non-hydrogen) atoms. The second-order valence-electron chi connectivity index (χ2n) is 12.7. The first kappa shape index (κ1) is 30.9. The molecule has 0 bridgehead atoms. The predicted molar refractivity (Wildman–Crippen MR) is 205 cm³/mol. The number of ether oxygens (including phenoxy) is 1. The molecule has 5 nitrogen and oxygen atoms in total. The third-order valence-corrected chi connectivity index (χ3v) is 9.71. The third kappa shape index (κ3) is 5.22. The van der Waals surface area contributed by atoms with Gasteiger partial charge in [0.2, 0.25) is 0 Å². The monoisotopic (exact) mass is 666 g/mol. The van der Waals surface area contributed by atoms with E-state index < -0.39 is 5.41 Å². The average Bonchev–Trinajstić information content (AvgIpc) is 3.23. The van der Waals surface area contributed by atoms with Gasteiger partial charge in [0, 0.05) is 33.4 Å². The van der Waals surface area contributed by atoms with Crippen molar-refractivity contribution in [2.75, 3.05) is 0 Å². The van der Waals surface area contributed by atoms with Crippen molar-refractivity contribution < 1.29 is 4.74 Å². The Balaban J connectivity index is 1.19. The van der Waals surface area contributed by atoms with Crippen LogP contribution in [-0.2, 0) is 5.41 Å². The Bertz CT molecular complexity index is 2560. The molecular weight excluding hydrogens is 637 g/mol. The van der Waals surface area contributed by atoms with E-state index in [0.29, 0.717) is 23.0 Å². The molecular formula is C47H30N4O. The summed E-state index contributed by atoms with van der Waals surface area (Å²) in [7, 11) is 0. The van der Waals surface area contributed by atoms with Gasteiger partial charge in [0.25, 0.3) is 0 Å². The van der Waals surface area contributed by atoms with Crippen LogP contribution < -0.4 is 4.74 Å². The van der Waals surface area contributed by atoms with Gasteiger partial charge < -0.3 is 4.74 Å². The van der Waals surface area contributed by atoms with Crippen molar-refractivity contribution in [3.63, 3.8) is 0 Å². The quantitative estimate of drug-likeness (QED) is 0.177. The van der Waals surface area contributed by atoms with Crippen LogP contribution >= 0.6 is 0 Å². The van der Waals surface area contributed by atoms with Crippen molar-refractivity contribution in [3.05, 3.63) is 210 Å². The summed E-state index contributed by atoms with van der Waals surface area (Å²) in [5.74, 6) is 3.28. The van der Waals surface area contributed by atoms with Gasteiger partial charge in [-0.3, -0.25) is 0 Å². The molecule has 0 spiro atoms. The van der Waals surface area contributed by atoms with Gasteiger partial charge in [-0.15, -0.1) is 0 Å².